The lowest BCUT2D eigenvalue weighted by molar-refractivity contribution is -0.137. The Hall–Kier alpha value is -3.20. The van der Waals surface area contributed by atoms with Crippen LogP contribution in [-0.4, -0.2) is 94.7 Å². The fraction of sp³-hybridized carbons (Fsp3) is 0.500. The third kappa shape index (κ3) is 5.16. The number of hydrogen-bond donors (Lipinski definition) is 1. The molecule has 0 unspecified atom stereocenters. The van der Waals surface area contributed by atoms with Crippen LogP contribution in [0.5, 0.6) is 0 Å². The van der Waals surface area contributed by atoms with E-state index in [1.165, 1.54) is 0 Å². The summed E-state index contributed by atoms with van der Waals surface area (Å²) in [6.07, 6.45) is 1.60. The number of likely N-dealkylation sites (tertiary alicyclic amines) is 1. The van der Waals surface area contributed by atoms with Crippen LogP contribution in [0.15, 0.2) is 48.5 Å². The van der Waals surface area contributed by atoms with E-state index in [1.807, 2.05) is 63.0 Å². The van der Waals surface area contributed by atoms with Gasteiger partial charge in [0.25, 0.3) is 5.91 Å². The zero-order valence-electron chi connectivity index (χ0n) is 24.3. The maximum Gasteiger partial charge on any atom is 0.271 e. The quantitative estimate of drug-likeness (QED) is 0.528. The first-order valence-electron chi connectivity index (χ1n) is 14.4. The first-order chi connectivity index (χ1) is 19.2. The van der Waals surface area contributed by atoms with Crippen molar-refractivity contribution in [2.45, 2.75) is 51.5 Å². The summed E-state index contributed by atoms with van der Waals surface area (Å²) in [5, 5.41) is 11.2. The molecule has 1 aromatic heterocycles. The Bertz CT molecular complexity index is 1380. The summed E-state index contributed by atoms with van der Waals surface area (Å²) in [6.45, 7) is 5.92. The van der Waals surface area contributed by atoms with Crippen molar-refractivity contribution in [2.75, 3.05) is 40.3 Å². The summed E-state index contributed by atoms with van der Waals surface area (Å²) in [5.41, 5.74) is 4.44. The predicted octanol–water partition coefficient (Wildman–Crippen LogP) is 3.76. The van der Waals surface area contributed by atoms with Crippen molar-refractivity contribution in [3.05, 3.63) is 59.8 Å². The number of benzene rings is 2. The predicted molar refractivity (Wildman–Crippen MR) is 157 cm³/mol. The second-order valence-corrected chi connectivity index (χ2v) is 11.6. The van der Waals surface area contributed by atoms with Gasteiger partial charge in [-0.2, -0.15) is 0 Å². The van der Waals surface area contributed by atoms with Crippen LogP contribution in [0.1, 0.15) is 42.7 Å². The molecular weight excluding hydrogens is 504 g/mol. The highest BCUT2D eigenvalue weighted by Crippen LogP contribution is 2.38. The Labute approximate surface area is 237 Å². The van der Waals surface area contributed by atoms with Gasteiger partial charge in [-0.1, -0.05) is 49.4 Å². The molecule has 3 aromatic rings. The first-order valence-corrected chi connectivity index (χ1v) is 14.4. The molecule has 0 bridgehead atoms. The molecule has 8 nitrogen and oxygen atoms in total. The van der Waals surface area contributed by atoms with Crippen LogP contribution in [-0.2, 0) is 23.2 Å². The number of carbonyl (C=O) groups excluding carboxylic acids is 2. The molecule has 0 saturated carbocycles. The number of rotatable bonds is 5. The molecule has 40 heavy (non-hydrogen) atoms. The third-order valence-electron chi connectivity index (χ3n) is 8.86. The molecule has 5 rings (SSSR count). The van der Waals surface area contributed by atoms with Crippen molar-refractivity contribution in [1.29, 1.82) is 0 Å². The number of nitrogens with zero attached hydrogens (tertiary/aromatic N) is 4. The molecule has 214 valence electrons. The zero-order chi connectivity index (χ0) is 28.6. The Morgan fingerprint density at radius 3 is 2.60 bits per heavy atom. The number of amides is 2. The monoisotopic (exact) mass is 546 g/mol. The highest BCUT2D eigenvalue weighted by molar-refractivity contribution is 6.10. The second kappa shape index (κ2) is 11.7. The van der Waals surface area contributed by atoms with Gasteiger partial charge in [-0.15, -0.1) is 0 Å². The van der Waals surface area contributed by atoms with Gasteiger partial charge in [-0.3, -0.25) is 14.5 Å². The van der Waals surface area contributed by atoms with E-state index in [2.05, 4.69) is 30.0 Å². The summed E-state index contributed by atoms with van der Waals surface area (Å²) in [6, 6.07) is 15.7. The Morgan fingerprint density at radius 1 is 1.15 bits per heavy atom. The van der Waals surface area contributed by atoms with E-state index in [1.54, 1.807) is 9.80 Å². The summed E-state index contributed by atoms with van der Waals surface area (Å²) in [5.74, 6) is -0.0893. The molecule has 2 aromatic carbocycles. The fourth-order valence-electron chi connectivity index (χ4n) is 6.36. The average molecular weight is 547 g/mol. The fourth-order valence-corrected chi connectivity index (χ4v) is 6.36. The smallest absolute Gasteiger partial charge is 0.271 e. The van der Waals surface area contributed by atoms with E-state index in [4.69, 9.17) is 4.74 Å². The molecule has 3 heterocycles. The van der Waals surface area contributed by atoms with Gasteiger partial charge in [-0.25, -0.2) is 0 Å². The van der Waals surface area contributed by atoms with Crippen LogP contribution in [0.4, 0.5) is 0 Å². The van der Waals surface area contributed by atoms with E-state index in [0.717, 1.165) is 47.0 Å². The topological polar surface area (TPSA) is 78.2 Å². The largest absolute Gasteiger partial charge is 0.394 e. The number of fused-ring (bicyclic) bond motifs is 5. The van der Waals surface area contributed by atoms with Crippen molar-refractivity contribution in [3.8, 4) is 11.1 Å². The number of para-hydroxylation sites is 1. The first kappa shape index (κ1) is 28.3. The standard InChI is InChI=1S/C32H42N4O4/c1-21-17-36(22(2)19-37)32(39)30-29(25-13-8-9-14-26(25)35(30)5)24-12-7-6-11-23(24)20-40-28(21)18-34(4)31(38)27-15-10-16-33(27)3/h6-9,11-14,21-22,27-28,37H,10,15-20H2,1-5H3/t21-,22-,27+,28-/m1/s1. The Kier molecular flexibility index (Phi) is 8.31. The number of aromatic nitrogens is 1. The van der Waals surface area contributed by atoms with Gasteiger partial charge in [0.1, 0.15) is 5.69 Å². The Morgan fingerprint density at radius 2 is 1.88 bits per heavy atom. The van der Waals surface area contributed by atoms with Crippen molar-refractivity contribution < 1.29 is 19.4 Å². The lowest BCUT2D eigenvalue weighted by Gasteiger charge is -2.35. The number of aliphatic hydroxyl groups is 1. The van der Waals surface area contributed by atoms with Crippen LogP contribution < -0.4 is 0 Å². The molecule has 4 atom stereocenters. The molecule has 2 aliphatic rings. The minimum absolute atomic E-state index is 0.0853. The number of aliphatic hydroxyl groups excluding tert-OH is 1. The van der Waals surface area contributed by atoms with Gasteiger partial charge < -0.3 is 24.2 Å². The highest BCUT2D eigenvalue weighted by Gasteiger charge is 2.35. The van der Waals surface area contributed by atoms with Crippen molar-refractivity contribution in [3.63, 3.8) is 0 Å². The van der Waals surface area contributed by atoms with Crippen LogP contribution in [0.25, 0.3) is 22.0 Å². The SMILES string of the molecule is C[C@@H]1CN([C@H](C)CO)C(=O)c2c(c3ccccc3n2C)-c2ccccc2CO[C@@H]1CN(C)C(=O)[C@@H]1CCCN1C. The molecule has 1 saturated heterocycles. The molecule has 1 N–H and O–H groups in total. The number of hydrogen-bond acceptors (Lipinski definition) is 5. The molecular formula is C32H42N4O4. The molecule has 2 amide bonds. The summed E-state index contributed by atoms with van der Waals surface area (Å²) in [7, 11) is 5.80. The van der Waals surface area contributed by atoms with Crippen molar-refractivity contribution in [2.24, 2.45) is 13.0 Å². The minimum Gasteiger partial charge on any atom is -0.394 e. The summed E-state index contributed by atoms with van der Waals surface area (Å²) >= 11 is 0. The lowest BCUT2D eigenvalue weighted by Crippen LogP contribution is -2.49. The normalized spacial score (nSPS) is 23.0. The average Bonchev–Trinajstić information content (AvgIpc) is 3.52. The zero-order valence-corrected chi connectivity index (χ0v) is 24.3. The summed E-state index contributed by atoms with van der Waals surface area (Å²) in [4.78, 5) is 33.5. The number of carbonyl (C=O) groups is 2. The highest BCUT2D eigenvalue weighted by atomic mass is 16.5. The molecule has 0 spiro atoms. The molecule has 2 aliphatic heterocycles. The maximum absolute atomic E-state index is 14.4. The van der Waals surface area contributed by atoms with Gasteiger partial charge in [0, 0.05) is 49.6 Å². The Balaban J connectivity index is 1.58. The van der Waals surface area contributed by atoms with Crippen molar-refractivity contribution >= 4 is 22.7 Å². The van der Waals surface area contributed by atoms with Gasteiger partial charge in [0.15, 0.2) is 0 Å². The van der Waals surface area contributed by atoms with Crippen LogP contribution >= 0.6 is 0 Å². The van der Waals surface area contributed by atoms with Gasteiger partial charge >= 0.3 is 0 Å². The van der Waals surface area contributed by atoms with E-state index in [9.17, 15) is 14.7 Å². The lowest BCUT2D eigenvalue weighted by atomic mass is 9.96. The van der Waals surface area contributed by atoms with Crippen LogP contribution in [0, 0.1) is 5.92 Å². The van der Waals surface area contributed by atoms with E-state index >= 15 is 0 Å². The van der Waals surface area contributed by atoms with Crippen molar-refractivity contribution in [1.82, 2.24) is 19.3 Å². The number of ether oxygens (including phenoxy) is 1. The van der Waals surface area contributed by atoms with E-state index < -0.39 is 0 Å². The third-order valence-corrected chi connectivity index (χ3v) is 8.86. The van der Waals surface area contributed by atoms with E-state index in [-0.39, 0.29) is 42.5 Å². The maximum atomic E-state index is 14.4. The summed E-state index contributed by atoms with van der Waals surface area (Å²) < 4.78 is 8.62. The van der Waals surface area contributed by atoms with Gasteiger partial charge in [0.2, 0.25) is 5.91 Å². The van der Waals surface area contributed by atoms with Gasteiger partial charge in [-0.05, 0) is 50.6 Å². The minimum atomic E-state index is -0.385. The van der Waals surface area contributed by atoms with Crippen LogP contribution in [0.2, 0.25) is 0 Å². The second-order valence-electron chi connectivity index (χ2n) is 11.6. The molecule has 0 aliphatic carbocycles. The van der Waals surface area contributed by atoms with Gasteiger partial charge in [0.05, 0.1) is 31.4 Å². The molecule has 8 heteroatoms. The van der Waals surface area contributed by atoms with Crippen LogP contribution in [0.3, 0.4) is 0 Å². The molecule has 0 radical (unpaired) electrons. The number of likely N-dealkylation sites (N-methyl/N-ethyl adjacent to an activating group) is 2. The van der Waals surface area contributed by atoms with E-state index in [0.29, 0.717) is 25.4 Å². The molecule has 1 fully saturated rings. The number of aryl methyl sites for hydroxylation is 1.